The molecule has 0 saturated heterocycles. The fraction of sp³-hybridized carbons (Fsp3) is 0.133. The summed E-state index contributed by atoms with van der Waals surface area (Å²) in [5.41, 5.74) is 1.55. The van der Waals surface area contributed by atoms with Crippen LogP contribution in [0.2, 0.25) is 10.2 Å². The average Bonchev–Trinajstić information content (AvgIpc) is 2.50. The molecular formula is C15H12BrCl2N3O2. The summed E-state index contributed by atoms with van der Waals surface area (Å²) >= 11 is 15.0. The maximum atomic E-state index is 12.0. The van der Waals surface area contributed by atoms with Crippen molar-refractivity contribution in [2.24, 2.45) is 0 Å². The molecule has 0 aliphatic heterocycles. The van der Waals surface area contributed by atoms with E-state index in [2.05, 4.69) is 31.5 Å². The highest BCUT2D eigenvalue weighted by Gasteiger charge is 2.14. The normalized spacial score (nSPS) is 10.3. The maximum Gasteiger partial charge on any atom is 0.271 e. The van der Waals surface area contributed by atoms with Crippen molar-refractivity contribution in [2.45, 2.75) is 6.92 Å². The minimum atomic E-state index is -0.569. The Balaban J connectivity index is 1.96. The molecule has 1 aromatic carbocycles. The van der Waals surface area contributed by atoms with E-state index in [0.29, 0.717) is 5.69 Å². The lowest BCUT2D eigenvalue weighted by Crippen LogP contribution is -2.33. The number of halogens is 3. The van der Waals surface area contributed by atoms with Gasteiger partial charge in [0, 0.05) is 10.2 Å². The number of carbonyl (C=O) groups is 2. The molecule has 1 heterocycles. The molecule has 0 aliphatic carbocycles. The standard InChI is InChI=1S/C15H12BrCl2N3O2/c1-8-6-9(16)2-4-11(8)20-13(22)7-19-15(23)14-10(17)3-5-12(18)21-14/h2-6H,7H2,1H3,(H,19,23)(H,20,22). The number of hydrogen-bond acceptors (Lipinski definition) is 3. The molecule has 2 amide bonds. The Kier molecular flexibility index (Phi) is 5.98. The van der Waals surface area contributed by atoms with Gasteiger partial charge in [-0.1, -0.05) is 39.1 Å². The van der Waals surface area contributed by atoms with E-state index >= 15 is 0 Å². The van der Waals surface area contributed by atoms with Crippen LogP contribution in [0.4, 0.5) is 5.69 Å². The van der Waals surface area contributed by atoms with Gasteiger partial charge in [-0.25, -0.2) is 4.98 Å². The first-order valence-corrected chi connectivity index (χ1v) is 8.08. The van der Waals surface area contributed by atoms with E-state index < -0.39 is 5.91 Å². The molecule has 0 spiro atoms. The van der Waals surface area contributed by atoms with Crippen molar-refractivity contribution in [1.82, 2.24) is 10.3 Å². The number of aryl methyl sites for hydroxylation is 1. The highest BCUT2D eigenvalue weighted by atomic mass is 79.9. The van der Waals surface area contributed by atoms with E-state index in [4.69, 9.17) is 23.2 Å². The second-order valence-electron chi connectivity index (χ2n) is 4.65. The third-order valence-electron chi connectivity index (χ3n) is 2.90. The number of pyridine rings is 1. The summed E-state index contributed by atoms with van der Waals surface area (Å²) in [6, 6.07) is 8.41. The molecule has 0 unspecified atom stereocenters. The third-order valence-corrected chi connectivity index (χ3v) is 3.91. The molecule has 0 aliphatic rings. The van der Waals surface area contributed by atoms with E-state index in [1.165, 1.54) is 12.1 Å². The van der Waals surface area contributed by atoms with E-state index in [9.17, 15) is 9.59 Å². The van der Waals surface area contributed by atoms with Crippen molar-refractivity contribution in [2.75, 3.05) is 11.9 Å². The number of nitrogens with one attached hydrogen (secondary N) is 2. The van der Waals surface area contributed by atoms with Crippen LogP contribution in [-0.2, 0) is 4.79 Å². The van der Waals surface area contributed by atoms with Crippen molar-refractivity contribution < 1.29 is 9.59 Å². The van der Waals surface area contributed by atoms with Gasteiger partial charge in [-0.2, -0.15) is 0 Å². The molecular weight excluding hydrogens is 405 g/mol. The van der Waals surface area contributed by atoms with Crippen LogP contribution in [0.3, 0.4) is 0 Å². The van der Waals surface area contributed by atoms with Crippen LogP contribution in [0.25, 0.3) is 0 Å². The first-order chi connectivity index (χ1) is 10.9. The number of anilines is 1. The van der Waals surface area contributed by atoms with Crippen molar-refractivity contribution in [3.05, 3.63) is 56.2 Å². The molecule has 0 bridgehead atoms. The highest BCUT2D eigenvalue weighted by Crippen LogP contribution is 2.20. The number of rotatable bonds is 4. The third kappa shape index (κ3) is 4.92. The fourth-order valence-electron chi connectivity index (χ4n) is 1.78. The Hall–Kier alpha value is -1.63. The quantitative estimate of drug-likeness (QED) is 0.744. The molecule has 5 nitrogen and oxygen atoms in total. The minimum Gasteiger partial charge on any atom is -0.342 e. The number of benzene rings is 1. The molecule has 0 saturated carbocycles. The zero-order valence-electron chi connectivity index (χ0n) is 12.0. The van der Waals surface area contributed by atoms with Crippen LogP contribution in [0.5, 0.6) is 0 Å². The Morgan fingerprint density at radius 1 is 1.22 bits per heavy atom. The summed E-state index contributed by atoms with van der Waals surface area (Å²) in [4.78, 5) is 27.7. The minimum absolute atomic E-state index is 0.0215. The Labute approximate surface area is 151 Å². The topological polar surface area (TPSA) is 71.1 Å². The van der Waals surface area contributed by atoms with Gasteiger partial charge in [0.15, 0.2) is 0 Å². The number of hydrogen-bond donors (Lipinski definition) is 2. The Morgan fingerprint density at radius 3 is 2.65 bits per heavy atom. The molecule has 23 heavy (non-hydrogen) atoms. The van der Waals surface area contributed by atoms with Crippen molar-refractivity contribution in [1.29, 1.82) is 0 Å². The Morgan fingerprint density at radius 2 is 1.96 bits per heavy atom. The smallest absolute Gasteiger partial charge is 0.271 e. The molecule has 0 atom stereocenters. The van der Waals surface area contributed by atoms with Crippen LogP contribution in [-0.4, -0.2) is 23.3 Å². The molecule has 2 rings (SSSR count). The molecule has 0 radical (unpaired) electrons. The van der Waals surface area contributed by atoms with Crippen LogP contribution in [0.15, 0.2) is 34.8 Å². The number of aromatic nitrogens is 1. The van der Waals surface area contributed by atoms with E-state index in [1.54, 1.807) is 6.07 Å². The summed E-state index contributed by atoms with van der Waals surface area (Å²) in [7, 11) is 0. The molecule has 2 N–H and O–H groups in total. The highest BCUT2D eigenvalue weighted by molar-refractivity contribution is 9.10. The van der Waals surface area contributed by atoms with Gasteiger partial charge >= 0.3 is 0 Å². The molecule has 8 heteroatoms. The lowest BCUT2D eigenvalue weighted by atomic mass is 10.2. The van der Waals surface area contributed by atoms with Gasteiger partial charge in [0.25, 0.3) is 5.91 Å². The second-order valence-corrected chi connectivity index (χ2v) is 6.36. The number of nitrogens with zero attached hydrogens (tertiary/aromatic N) is 1. The van der Waals surface area contributed by atoms with Crippen LogP contribution >= 0.6 is 39.1 Å². The predicted molar refractivity (Wildman–Crippen MR) is 94.1 cm³/mol. The maximum absolute atomic E-state index is 12.0. The predicted octanol–water partition coefficient (Wildman–Crippen LogP) is 3.83. The van der Waals surface area contributed by atoms with Gasteiger partial charge in [-0.15, -0.1) is 0 Å². The summed E-state index contributed by atoms with van der Waals surface area (Å²) in [5.74, 6) is -0.929. The van der Waals surface area contributed by atoms with Crippen LogP contribution in [0.1, 0.15) is 16.1 Å². The number of carbonyl (C=O) groups excluding carboxylic acids is 2. The summed E-state index contributed by atoms with van der Waals surface area (Å²) < 4.78 is 0.919. The van der Waals surface area contributed by atoms with Crippen LogP contribution < -0.4 is 10.6 Å². The first kappa shape index (κ1) is 17.7. The monoisotopic (exact) mass is 415 g/mol. The lowest BCUT2D eigenvalue weighted by molar-refractivity contribution is -0.115. The summed E-state index contributed by atoms with van der Waals surface area (Å²) in [6.07, 6.45) is 0. The van der Waals surface area contributed by atoms with Gasteiger partial charge in [0.05, 0.1) is 11.6 Å². The first-order valence-electron chi connectivity index (χ1n) is 6.53. The summed E-state index contributed by atoms with van der Waals surface area (Å²) in [5, 5.41) is 5.48. The Bertz CT molecular complexity index is 768. The molecule has 0 fully saturated rings. The average molecular weight is 417 g/mol. The zero-order chi connectivity index (χ0) is 17.0. The fourth-order valence-corrected chi connectivity index (χ4v) is 2.60. The summed E-state index contributed by atoms with van der Waals surface area (Å²) in [6.45, 7) is 1.66. The SMILES string of the molecule is Cc1cc(Br)ccc1NC(=O)CNC(=O)c1nc(Cl)ccc1Cl. The number of amides is 2. The molecule has 2 aromatic rings. The van der Waals surface area contributed by atoms with Crippen LogP contribution in [0, 0.1) is 6.92 Å². The van der Waals surface area contributed by atoms with Gasteiger partial charge in [-0.3, -0.25) is 9.59 Å². The molecule has 120 valence electrons. The van der Waals surface area contributed by atoms with Gasteiger partial charge in [0.2, 0.25) is 5.91 Å². The van der Waals surface area contributed by atoms with E-state index in [0.717, 1.165) is 10.0 Å². The lowest BCUT2D eigenvalue weighted by Gasteiger charge is -2.10. The van der Waals surface area contributed by atoms with Crippen molar-refractivity contribution in [3.63, 3.8) is 0 Å². The largest absolute Gasteiger partial charge is 0.342 e. The van der Waals surface area contributed by atoms with E-state index in [1.807, 2.05) is 19.1 Å². The van der Waals surface area contributed by atoms with Crippen molar-refractivity contribution in [3.8, 4) is 0 Å². The van der Waals surface area contributed by atoms with Gasteiger partial charge < -0.3 is 10.6 Å². The second kappa shape index (κ2) is 7.77. The molecule has 1 aromatic heterocycles. The van der Waals surface area contributed by atoms with Crippen molar-refractivity contribution >= 4 is 56.6 Å². The van der Waals surface area contributed by atoms with E-state index in [-0.39, 0.29) is 28.3 Å². The zero-order valence-corrected chi connectivity index (χ0v) is 15.1. The van der Waals surface area contributed by atoms with Gasteiger partial charge in [-0.05, 0) is 42.8 Å². The van der Waals surface area contributed by atoms with Gasteiger partial charge in [0.1, 0.15) is 10.8 Å².